The van der Waals surface area contributed by atoms with Crippen molar-refractivity contribution in [3.05, 3.63) is 0 Å². The molecule has 0 saturated carbocycles. The number of carbonyl (C=O) groups excluding carboxylic acids is 1. The minimum atomic E-state index is -3.61. The van der Waals surface area contributed by atoms with Crippen molar-refractivity contribution in [1.29, 1.82) is 0 Å². The summed E-state index contributed by atoms with van der Waals surface area (Å²) in [6.07, 6.45) is 2.32. The molecule has 0 aromatic rings. The van der Waals surface area contributed by atoms with Gasteiger partial charge in [0.1, 0.15) is 5.25 Å². The smallest absolute Gasteiger partial charge is 0.224 e. The number of hydrogen-bond donors (Lipinski definition) is 2. The molecular formula is C9H18N2O4S. The number of nitrogens with two attached hydrogens (primary N) is 1. The number of sulfonamides is 1. The van der Waals surface area contributed by atoms with Crippen LogP contribution in [0.1, 0.15) is 25.7 Å². The van der Waals surface area contributed by atoms with Gasteiger partial charge in [0.25, 0.3) is 0 Å². The van der Waals surface area contributed by atoms with Crippen LogP contribution in [0.4, 0.5) is 0 Å². The molecule has 0 spiro atoms. The van der Waals surface area contributed by atoms with E-state index in [0.717, 1.165) is 12.8 Å². The van der Waals surface area contributed by atoms with Crippen molar-refractivity contribution in [1.82, 2.24) is 4.90 Å². The molecule has 1 atom stereocenters. The predicted molar refractivity (Wildman–Crippen MR) is 59.0 cm³/mol. The Labute approximate surface area is 95.5 Å². The number of unbranched alkanes of at least 4 members (excludes halogenated alkanes) is 2. The highest BCUT2D eigenvalue weighted by Crippen LogP contribution is 2.17. The number of aliphatic hydroxyl groups is 1. The number of primary sulfonamides is 1. The second-order valence-corrected chi connectivity index (χ2v) is 5.88. The summed E-state index contributed by atoms with van der Waals surface area (Å²) in [5, 5.41) is 12.8. The number of hydrogen-bond acceptors (Lipinski definition) is 4. The third kappa shape index (κ3) is 3.73. The lowest BCUT2D eigenvalue weighted by molar-refractivity contribution is -0.127. The maximum Gasteiger partial charge on any atom is 0.224 e. The predicted octanol–water partition coefficient (Wildman–Crippen LogP) is -0.962. The summed E-state index contributed by atoms with van der Waals surface area (Å²) in [5.41, 5.74) is 0. The van der Waals surface area contributed by atoms with Gasteiger partial charge in [-0.3, -0.25) is 4.79 Å². The average molecular weight is 250 g/mol. The molecule has 0 aromatic heterocycles. The molecule has 1 saturated heterocycles. The molecule has 94 valence electrons. The first-order valence-electron chi connectivity index (χ1n) is 5.35. The topological polar surface area (TPSA) is 101 Å². The second kappa shape index (κ2) is 5.60. The molecule has 1 unspecified atom stereocenters. The highest BCUT2D eigenvalue weighted by atomic mass is 32.2. The van der Waals surface area contributed by atoms with Gasteiger partial charge in [-0.15, -0.1) is 0 Å². The number of aliphatic hydroxyl groups excluding tert-OH is 1. The Hall–Kier alpha value is -0.660. The van der Waals surface area contributed by atoms with Crippen LogP contribution in [-0.4, -0.2) is 49.3 Å². The lowest BCUT2D eigenvalue weighted by Gasteiger charge is -2.15. The maximum absolute atomic E-state index is 11.5. The number of carbonyl (C=O) groups is 1. The largest absolute Gasteiger partial charge is 0.396 e. The third-order valence-electron chi connectivity index (χ3n) is 2.73. The van der Waals surface area contributed by atoms with E-state index in [1.807, 2.05) is 0 Å². The Kier molecular flexibility index (Phi) is 4.69. The summed E-state index contributed by atoms with van der Waals surface area (Å²) in [7, 11) is -3.61. The van der Waals surface area contributed by atoms with Crippen LogP contribution in [0.2, 0.25) is 0 Å². The van der Waals surface area contributed by atoms with Crippen molar-refractivity contribution in [2.24, 2.45) is 5.14 Å². The molecule has 0 aliphatic carbocycles. The van der Waals surface area contributed by atoms with E-state index in [4.69, 9.17) is 10.2 Å². The summed E-state index contributed by atoms with van der Waals surface area (Å²) in [4.78, 5) is 13.0. The lowest BCUT2D eigenvalue weighted by Crippen LogP contribution is -2.32. The van der Waals surface area contributed by atoms with Crippen molar-refractivity contribution < 1.29 is 18.3 Å². The first kappa shape index (κ1) is 13.4. The minimum absolute atomic E-state index is 0.00116. The summed E-state index contributed by atoms with van der Waals surface area (Å²) < 4.78 is 22.1. The van der Waals surface area contributed by atoms with Crippen LogP contribution in [-0.2, 0) is 14.8 Å². The van der Waals surface area contributed by atoms with Crippen molar-refractivity contribution in [2.75, 3.05) is 19.7 Å². The average Bonchev–Trinajstić information content (AvgIpc) is 2.55. The van der Waals surface area contributed by atoms with Crippen LogP contribution >= 0.6 is 0 Å². The molecule has 0 radical (unpaired) electrons. The fraction of sp³-hybridized carbons (Fsp3) is 0.889. The third-order valence-corrected chi connectivity index (χ3v) is 3.97. The number of amides is 1. The van der Waals surface area contributed by atoms with Crippen molar-refractivity contribution in [2.45, 2.75) is 30.9 Å². The molecule has 7 heteroatoms. The van der Waals surface area contributed by atoms with Crippen LogP contribution in [0.15, 0.2) is 0 Å². The molecule has 1 amide bonds. The van der Waals surface area contributed by atoms with Crippen LogP contribution in [0.5, 0.6) is 0 Å². The van der Waals surface area contributed by atoms with Crippen molar-refractivity contribution in [3.63, 3.8) is 0 Å². The standard InChI is InChI=1S/C9H18N2O4S/c10-16(14,15)8-6-9(13)11(7-8)4-2-1-3-5-12/h8,12H,1-7H2,(H2,10,14,15). The van der Waals surface area contributed by atoms with E-state index in [1.54, 1.807) is 0 Å². The second-order valence-electron chi connectivity index (χ2n) is 4.04. The van der Waals surface area contributed by atoms with E-state index < -0.39 is 15.3 Å². The zero-order chi connectivity index (χ0) is 12.2. The number of nitrogens with zero attached hydrogens (tertiary/aromatic N) is 1. The fourth-order valence-electron chi connectivity index (χ4n) is 1.76. The van der Waals surface area contributed by atoms with Crippen LogP contribution in [0, 0.1) is 0 Å². The molecule has 1 heterocycles. The zero-order valence-corrected chi connectivity index (χ0v) is 9.95. The fourth-order valence-corrected chi connectivity index (χ4v) is 2.53. The monoisotopic (exact) mass is 250 g/mol. The quantitative estimate of drug-likeness (QED) is 0.593. The van der Waals surface area contributed by atoms with Gasteiger partial charge in [0, 0.05) is 26.1 Å². The van der Waals surface area contributed by atoms with Gasteiger partial charge in [0.05, 0.1) is 0 Å². The van der Waals surface area contributed by atoms with Gasteiger partial charge in [0.2, 0.25) is 15.9 Å². The first-order chi connectivity index (χ1) is 7.45. The van der Waals surface area contributed by atoms with E-state index in [9.17, 15) is 13.2 Å². The Morgan fingerprint density at radius 1 is 1.38 bits per heavy atom. The van der Waals surface area contributed by atoms with Gasteiger partial charge in [-0.2, -0.15) is 0 Å². The van der Waals surface area contributed by atoms with Gasteiger partial charge in [-0.25, -0.2) is 13.6 Å². The summed E-state index contributed by atoms with van der Waals surface area (Å²) in [6.45, 7) is 0.898. The first-order valence-corrected chi connectivity index (χ1v) is 6.96. The highest BCUT2D eigenvalue weighted by molar-refractivity contribution is 7.89. The normalized spacial score (nSPS) is 21.8. The Bertz CT molecular complexity index is 341. The Morgan fingerprint density at radius 3 is 2.56 bits per heavy atom. The minimum Gasteiger partial charge on any atom is -0.396 e. The number of likely N-dealkylation sites (tertiary alicyclic amines) is 1. The Balaban J connectivity index is 2.37. The van der Waals surface area contributed by atoms with Crippen molar-refractivity contribution in [3.8, 4) is 0 Å². The summed E-state index contributed by atoms with van der Waals surface area (Å²) in [6, 6.07) is 0. The zero-order valence-electron chi connectivity index (χ0n) is 9.13. The summed E-state index contributed by atoms with van der Waals surface area (Å²) >= 11 is 0. The van der Waals surface area contributed by atoms with Gasteiger partial charge < -0.3 is 10.0 Å². The molecule has 1 aliphatic rings. The molecular weight excluding hydrogens is 232 g/mol. The molecule has 0 bridgehead atoms. The van der Waals surface area contributed by atoms with Gasteiger partial charge in [-0.05, 0) is 19.3 Å². The maximum atomic E-state index is 11.5. The molecule has 1 rings (SSSR count). The van der Waals surface area contributed by atoms with E-state index in [2.05, 4.69) is 0 Å². The van der Waals surface area contributed by atoms with Crippen LogP contribution in [0.25, 0.3) is 0 Å². The molecule has 1 fully saturated rings. The van der Waals surface area contributed by atoms with E-state index in [-0.39, 0.29) is 25.5 Å². The van der Waals surface area contributed by atoms with Gasteiger partial charge in [-0.1, -0.05) is 0 Å². The molecule has 3 N–H and O–H groups in total. The Morgan fingerprint density at radius 2 is 2.06 bits per heavy atom. The van der Waals surface area contributed by atoms with Gasteiger partial charge >= 0.3 is 0 Å². The van der Waals surface area contributed by atoms with E-state index in [1.165, 1.54) is 4.90 Å². The van der Waals surface area contributed by atoms with Gasteiger partial charge in [0.15, 0.2) is 0 Å². The summed E-state index contributed by atoms with van der Waals surface area (Å²) in [5.74, 6) is -0.150. The number of rotatable bonds is 6. The van der Waals surface area contributed by atoms with E-state index in [0.29, 0.717) is 13.0 Å². The van der Waals surface area contributed by atoms with Crippen LogP contribution in [0.3, 0.4) is 0 Å². The van der Waals surface area contributed by atoms with Crippen LogP contribution < -0.4 is 5.14 Å². The highest BCUT2D eigenvalue weighted by Gasteiger charge is 2.35. The SMILES string of the molecule is NS(=O)(=O)C1CC(=O)N(CCCCCO)C1. The molecule has 0 aromatic carbocycles. The van der Waals surface area contributed by atoms with Crippen molar-refractivity contribution >= 4 is 15.9 Å². The lowest BCUT2D eigenvalue weighted by atomic mass is 10.2. The molecule has 1 aliphatic heterocycles. The molecule has 6 nitrogen and oxygen atoms in total. The molecule has 16 heavy (non-hydrogen) atoms. The van der Waals surface area contributed by atoms with E-state index >= 15 is 0 Å².